The Kier molecular flexibility index (Phi) is 3.52. The first-order valence-electron chi connectivity index (χ1n) is 6.77. The van der Waals surface area contributed by atoms with Crippen LogP contribution in [0.3, 0.4) is 0 Å². The van der Waals surface area contributed by atoms with Gasteiger partial charge in [-0.05, 0) is 12.8 Å². The molecule has 0 radical (unpaired) electrons. The van der Waals surface area contributed by atoms with Gasteiger partial charge in [0.05, 0.1) is 6.04 Å². The molecule has 0 aromatic carbocycles. The Morgan fingerprint density at radius 3 is 2.76 bits per heavy atom. The van der Waals surface area contributed by atoms with E-state index in [2.05, 4.69) is 47.8 Å². The zero-order valence-corrected chi connectivity index (χ0v) is 11.5. The highest BCUT2D eigenvalue weighted by Crippen LogP contribution is 2.29. The Hall–Kier alpha value is -0.900. The van der Waals surface area contributed by atoms with E-state index >= 15 is 0 Å². The molecule has 0 bridgehead atoms. The Morgan fingerprint density at radius 1 is 1.35 bits per heavy atom. The van der Waals surface area contributed by atoms with Crippen molar-refractivity contribution in [2.45, 2.75) is 65.0 Å². The second kappa shape index (κ2) is 4.77. The third-order valence-corrected chi connectivity index (χ3v) is 3.88. The molecule has 0 amide bonds. The van der Waals surface area contributed by atoms with Gasteiger partial charge < -0.3 is 9.88 Å². The van der Waals surface area contributed by atoms with Crippen molar-refractivity contribution in [1.29, 1.82) is 0 Å². The van der Waals surface area contributed by atoms with Gasteiger partial charge in [-0.1, -0.05) is 34.1 Å². The van der Waals surface area contributed by atoms with Gasteiger partial charge in [-0.15, -0.1) is 10.2 Å². The minimum atomic E-state index is 0.124. The molecule has 4 heteroatoms. The molecule has 2 rings (SSSR count). The topological polar surface area (TPSA) is 42.7 Å². The molecule has 1 atom stereocenters. The van der Waals surface area contributed by atoms with Crippen LogP contribution >= 0.6 is 0 Å². The van der Waals surface area contributed by atoms with Crippen molar-refractivity contribution in [3.63, 3.8) is 0 Å². The summed E-state index contributed by atoms with van der Waals surface area (Å²) in [4.78, 5) is 0. The second-order valence-electron chi connectivity index (χ2n) is 5.57. The lowest BCUT2D eigenvalue weighted by atomic mass is 9.89. The minimum Gasteiger partial charge on any atom is -0.312 e. The van der Waals surface area contributed by atoms with Crippen LogP contribution in [0.1, 0.15) is 64.6 Å². The second-order valence-corrected chi connectivity index (χ2v) is 5.57. The van der Waals surface area contributed by atoms with E-state index in [4.69, 9.17) is 0 Å². The third-order valence-electron chi connectivity index (χ3n) is 3.88. The highest BCUT2D eigenvalue weighted by atomic mass is 15.3. The van der Waals surface area contributed by atoms with Crippen LogP contribution in [0, 0.1) is 0 Å². The molecule has 4 nitrogen and oxygen atoms in total. The van der Waals surface area contributed by atoms with Crippen molar-refractivity contribution < 1.29 is 0 Å². The third kappa shape index (κ3) is 2.23. The Morgan fingerprint density at radius 2 is 2.12 bits per heavy atom. The zero-order valence-electron chi connectivity index (χ0n) is 11.5. The summed E-state index contributed by atoms with van der Waals surface area (Å²) in [7, 11) is 0. The van der Waals surface area contributed by atoms with Crippen molar-refractivity contribution in [2.75, 3.05) is 6.54 Å². The lowest BCUT2D eigenvalue weighted by molar-refractivity contribution is 0.366. The van der Waals surface area contributed by atoms with Crippen LogP contribution < -0.4 is 5.32 Å². The molecule has 96 valence electrons. The maximum atomic E-state index is 4.45. The number of fused-ring (bicyclic) bond motifs is 1. The maximum Gasteiger partial charge on any atom is 0.150 e. The molecule has 1 aliphatic heterocycles. The molecular formula is C13H24N4. The van der Waals surface area contributed by atoms with Crippen LogP contribution in [0.15, 0.2) is 0 Å². The summed E-state index contributed by atoms with van der Waals surface area (Å²) < 4.78 is 2.33. The fourth-order valence-electron chi connectivity index (χ4n) is 2.41. The quantitative estimate of drug-likeness (QED) is 0.873. The molecular weight excluding hydrogens is 212 g/mol. The highest BCUT2D eigenvalue weighted by molar-refractivity contribution is 5.11. The first-order valence-corrected chi connectivity index (χ1v) is 6.77. The van der Waals surface area contributed by atoms with Crippen LogP contribution in [-0.4, -0.2) is 21.3 Å². The van der Waals surface area contributed by atoms with Crippen molar-refractivity contribution >= 4 is 0 Å². The molecule has 1 aliphatic rings. The van der Waals surface area contributed by atoms with E-state index in [9.17, 15) is 0 Å². The molecule has 0 spiro atoms. The summed E-state index contributed by atoms with van der Waals surface area (Å²) >= 11 is 0. The number of hydrogen-bond donors (Lipinski definition) is 1. The lowest BCUT2D eigenvalue weighted by Gasteiger charge is -2.28. The molecule has 1 aromatic rings. The van der Waals surface area contributed by atoms with Gasteiger partial charge in [-0.2, -0.15) is 0 Å². The smallest absolute Gasteiger partial charge is 0.150 e. The van der Waals surface area contributed by atoms with Gasteiger partial charge in [0.2, 0.25) is 0 Å². The van der Waals surface area contributed by atoms with E-state index in [1.54, 1.807) is 0 Å². The largest absolute Gasteiger partial charge is 0.312 e. The summed E-state index contributed by atoms with van der Waals surface area (Å²) in [5.41, 5.74) is 0.124. The summed E-state index contributed by atoms with van der Waals surface area (Å²) in [6.45, 7) is 11.0. The van der Waals surface area contributed by atoms with E-state index in [0.717, 1.165) is 37.6 Å². The Balaban J connectivity index is 2.34. The molecule has 1 unspecified atom stereocenters. The monoisotopic (exact) mass is 236 g/mol. The van der Waals surface area contributed by atoms with Crippen LogP contribution in [0.5, 0.6) is 0 Å². The average molecular weight is 236 g/mol. The van der Waals surface area contributed by atoms with Crippen molar-refractivity contribution in [2.24, 2.45) is 0 Å². The fraction of sp³-hybridized carbons (Fsp3) is 0.846. The molecule has 0 saturated carbocycles. The summed E-state index contributed by atoms with van der Waals surface area (Å²) in [6.07, 6.45) is 3.42. The van der Waals surface area contributed by atoms with Gasteiger partial charge in [-0.25, -0.2) is 0 Å². The van der Waals surface area contributed by atoms with Crippen molar-refractivity contribution in [3.8, 4) is 0 Å². The van der Waals surface area contributed by atoms with Gasteiger partial charge in [0.25, 0.3) is 0 Å². The number of nitrogens with zero attached hydrogens (tertiary/aromatic N) is 3. The SMILES string of the molecule is CCCC1NCCn2c1nnc2C(C)(C)CC. The van der Waals surface area contributed by atoms with Gasteiger partial charge in [0.1, 0.15) is 11.6 Å². The number of hydrogen-bond acceptors (Lipinski definition) is 3. The maximum absolute atomic E-state index is 4.45. The number of nitrogens with one attached hydrogen (secondary N) is 1. The van der Waals surface area contributed by atoms with E-state index in [1.165, 1.54) is 6.42 Å². The van der Waals surface area contributed by atoms with E-state index < -0.39 is 0 Å². The number of rotatable bonds is 4. The Labute approximate surface area is 104 Å². The number of aromatic nitrogens is 3. The van der Waals surface area contributed by atoms with Crippen molar-refractivity contribution in [1.82, 2.24) is 20.1 Å². The van der Waals surface area contributed by atoms with E-state index in [0.29, 0.717) is 6.04 Å². The van der Waals surface area contributed by atoms with Crippen molar-refractivity contribution in [3.05, 3.63) is 11.6 Å². The predicted octanol–water partition coefficient (Wildman–Crippen LogP) is 2.41. The fourth-order valence-corrected chi connectivity index (χ4v) is 2.41. The molecule has 17 heavy (non-hydrogen) atoms. The predicted molar refractivity (Wildman–Crippen MR) is 69.0 cm³/mol. The zero-order chi connectivity index (χ0) is 12.5. The van der Waals surface area contributed by atoms with E-state index in [-0.39, 0.29) is 5.41 Å². The molecule has 1 aromatic heterocycles. The molecule has 0 saturated heterocycles. The molecule has 1 N–H and O–H groups in total. The molecule has 0 fully saturated rings. The standard InChI is InChI=1S/C13H24N4/c1-5-7-10-11-15-16-12(13(3,4)6-2)17(11)9-8-14-10/h10,14H,5-9H2,1-4H3. The van der Waals surface area contributed by atoms with Gasteiger partial charge in [-0.3, -0.25) is 0 Å². The average Bonchev–Trinajstić information content (AvgIpc) is 2.75. The van der Waals surface area contributed by atoms with Gasteiger partial charge in [0, 0.05) is 18.5 Å². The summed E-state index contributed by atoms with van der Waals surface area (Å²) in [5, 5.41) is 12.4. The summed E-state index contributed by atoms with van der Waals surface area (Å²) in [6, 6.07) is 0.391. The normalized spacial score (nSPS) is 20.4. The minimum absolute atomic E-state index is 0.124. The van der Waals surface area contributed by atoms with E-state index in [1.807, 2.05) is 0 Å². The van der Waals surface area contributed by atoms with Crippen LogP contribution in [0.2, 0.25) is 0 Å². The highest BCUT2D eigenvalue weighted by Gasteiger charge is 2.30. The molecule has 0 aliphatic carbocycles. The lowest BCUT2D eigenvalue weighted by Crippen LogP contribution is -2.36. The first kappa shape index (κ1) is 12.6. The van der Waals surface area contributed by atoms with Gasteiger partial charge >= 0.3 is 0 Å². The van der Waals surface area contributed by atoms with Crippen LogP contribution in [-0.2, 0) is 12.0 Å². The van der Waals surface area contributed by atoms with Gasteiger partial charge in [0.15, 0.2) is 0 Å². The van der Waals surface area contributed by atoms with Crippen LogP contribution in [0.4, 0.5) is 0 Å². The van der Waals surface area contributed by atoms with Crippen LogP contribution in [0.25, 0.3) is 0 Å². The summed E-state index contributed by atoms with van der Waals surface area (Å²) in [5.74, 6) is 2.28. The Bertz CT molecular complexity index is 381. The molecule has 2 heterocycles. The first-order chi connectivity index (χ1) is 8.10.